The second-order valence-electron chi connectivity index (χ2n) is 4.64. The van der Waals surface area contributed by atoms with Gasteiger partial charge in [0, 0.05) is 24.0 Å². The van der Waals surface area contributed by atoms with Crippen molar-refractivity contribution in [3.63, 3.8) is 0 Å². The lowest BCUT2D eigenvalue weighted by molar-refractivity contribution is -0.137. The number of nitrogens with one attached hydrogen (secondary N) is 2. The molecule has 1 amide bonds. The van der Waals surface area contributed by atoms with Crippen molar-refractivity contribution in [1.29, 1.82) is 5.26 Å². The summed E-state index contributed by atoms with van der Waals surface area (Å²) < 4.78 is 0. The van der Waals surface area contributed by atoms with Gasteiger partial charge >= 0.3 is 5.97 Å². The van der Waals surface area contributed by atoms with Crippen LogP contribution in [0.25, 0.3) is 11.5 Å². The molecule has 0 unspecified atom stereocenters. The van der Waals surface area contributed by atoms with Gasteiger partial charge in [0.15, 0.2) is 5.82 Å². The number of carbonyl (C=O) groups is 2. The maximum atomic E-state index is 12.0. The number of carboxylic acids is 1. The average Bonchev–Trinajstić information content (AvgIpc) is 2.54. The Kier molecular flexibility index (Phi) is 4.86. The minimum absolute atomic E-state index is 0.0204. The van der Waals surface area contributed by atoms with Gasteiger partial charge < -0.3 is 20.5 Å². The molecule has 0 saturated carbocycles. The quantitative estimate of drug-likeness (QED) is 0.550. The van der Waals surface area contributed by atoms with Crippen LogP contribution in [0, 0.1) is 11.3 Å². The summed E-state index contributed by atoms with van der Waals surface area (Å²) in [5.41, 5.74) is -0.482. The van der Waals surface area contributed by atoms with Crippen molar-refractivity contribution >= 4 is 11.9 Å². The molecule has 0 saturated heterocycles. The third kappa shape index (κ3) is 3.92. The Morgan fingerprint density at radius 1 is 1.33 bits per heavy atom. The number of aromatic hydroxyl groups is 1. The summed E-state index contributed by atoms with van der Waals surface area (Å²) in [6.45, 7) is -0.550. The van der Waals surface area contributed by atoms with Gasteiger partial charge in [0.25, 0.3) is 5.56 Å². The molecule has 0 radical (unpaired) electrons. The fourth-order valence-corrected chi connectivity index (χ4v) is 1.77. The van der Waals surface area contributed by atoms with E-state index in [4.69, 9.17) is 10.4 Å². The Labute approximate surface area is 134 Å². The topological polar surface area (TPSA) is 169 Å². The molecule has 0 aliphatic rings. The van der Waals surface area contributed by atoms with Crippen LogP contribution in [0.4, 0.5) is 0 Å². The number of pyridine rings is 1. The molecule has 2 heterocycles. The van der Waals surface area contributed by atoms with E-state index in [1.807, 2.05) is 6.07 Å². The number of carbonyl (C=O) groups excluding carboxylic acids is 1. The molecule has 4 N–H and O–H groups in total. The molecule has 122 valence electrons. The number of amides is 1. The molecule has 0 aliphatic carbocycles. The number of hydrogen-bond donors (Lipinski definition) is 4. The van der Waals surface area contributed by atoms with E-state index in [0.29, 0.717) is 0 Å². The molecule has 0 fully saturated rings. The number of aliphatic carboxylic acids is 1. The zero-order valence-corrected chi connectivity index (χ0v) is 12.1. The van der Waals surface area contributed by atoms with Crippen molar-refractivity contribution in [1.82, 2.24) is 20.3 Å². The van der Waals surface area contributed by atoms with Crippen LogP contribution >= 0.6 is 0 Å². The van der Waals surface area contributed by atoms with Crippen LogP contribution < -0.4 is 10.9 Å². The Morgan fingerprint density at radius 3 is 2.67 bits per heavy atom. The molecule has 2 aromatic heterocycles. The highest BCUT2D eigenvalue weighted by Gasteiger charge is 2.13. The van der Waals surface area contributed by atoms with Crippen molar-refractivity contribution in [3.8, 4) is 23.3 Å². The Bertz CT molecular complexity index is 899. The van der Waals surface area contributed by atoms with Crippen LogP contribution in [0.1, 0.15) is 11.1 Å². The third-order valence-electron chi connectivity index (χ3n) is 2.88. The van der Waals surface area contributed by atoms with Crippen molar-refractivity contribution in [2.75, 3.05) is 6.54 Å². The Hall–Kier alpha value is -3.74. The maximum Gasteiger partial charge on any atom is 0.322 e. The summed E-state index contributed by atoms with van der Waals surface area (Å²) in [5, 5.41) is 29.1. The number of H-pyrrole nitrogens is 1. The molecule has 0 aliphatic heterocycles. The highest BCUT2D eigenvalue weighted by molar-refractivity contribution is 5.82. The molecule has 0 aromatic carbocycles. The van der Waals surface area contributed by atoms with Crippen LogP contribution in [-0.2, 0) is 16.0 Å². The van der Waals surface area contributed by atoms with Crippen molar-refractivity contribution in [2.24, 2.45) is 0 Å². The van der Waals surface area contributed by atoms with E-state index in [-0.39, 0.29) is 34.8 Å². The van der Waals surface area contributed by atoms with Crippen molar-refractivity contribution < 1.29 is 19.8 Å². The largest absolute Gasteiger partial charge is 0.505 e. The van der Waals surface area contributed by atoms with Crippen LogP contribution in [-0.4, -0.2) is 43.6 Å². The van der Waals surface area contributed by atoms with Crippen LogP contribution in [0.3, 0.4) is 0 Å². The number of hydrogen-bond acceptors (Lipinski definition) is 7. The van der Waals surface area contributed by atoms with E-state index in [1.165, 1.54) is 12.3 Å². The number of aromatic amines is 1. The number of rotatable bonds is 5. The van der Waals surface area contributed by atoms with Crippen LogP contribution in [0.15, 0.2) is 23.3 Å². The molecular weight excluding hydrogens is 318 g/mol. The van der Waals surface area contributed by atoms with E-state index in [9.17, 15) is 19.5 Å². The second kappa shape index (κ2) is 7.01. The van der Waals surface area contributed by atoms with Gasteiger partial charge in [-0.15, -0.1) is 0 Å². The molecule has 2 aromatic rings. The summed E-state index contributed by atoms with van der Waals surface area (Å²) in [6.07, 6.45) is 2.00. The minimum Gasteiger partial charge on any atom is -0.505 e. The van der Waals surface area contributed by atoms with Crippen LogP contribution in [0.2, 0.25) is 0 Å². The zero-order chi connectivity index (χ0) is 17.7. The van der Waals surface area contributed by atoms with Gasteiger partial charge in [-0.1, -0.05) is 0 Å². The highest BCUT2D eigenvalue weighted by atomic mass is 16.4. The predicted octanol–water partition coefficient (Wildman–Crippen LogP) is -0.848. The first-order valence-electron chi connectivity index (χ1n) is 6.57. The fraction of sp³-hybridized carbons (Fsp3) is 0.143. The van der Waals surface area contributed by atoms with E-state index in [0.717, 1.165) is 6.20 Å². The molecule has 0 spiro atoms. The predicted molar refractivity (Wildman–Crippen MR) is 78.8 cm³/mol. The first kappa shape index (κ1) is 16.6. The maximum absolute atomic E-state index is 12.0. The minimum atomic E-state index is -1.20. The van der Waals surface area contributed by atoms with Gasteiger partial charge in [0.2, 0.25) is 5.91 Å². The first-order valence-corrected chi connectivity index (χ1v) is 6.57. The zero-order valence-electron chi connectivity index (χ0n) is 12.1. The summed E-state index contributed by atoms with van der Waals surface area (Å²) in [7, 11) is 0. The first-order chi connectivity index (χ1) is 11.4. The van der Waals surface area contributed by atoms with Gasteiger partial charge in [-0.3, -0.25) is 14.4 Å². The second-order valence-corrected chi connectivity index (χ2v) is 4.64. The normalized spacial score (nSPS) is 9.96. The van der Waals surface area contributed by atoms with Gasteiger partial charge in [-0.2, -0.15) is 5.26 Å². The molecule has 10 heteroatoms. The molecule has 0 bridgehead atoms. The summed E-state index contributed by atoms with van der Waals surface area (Å²) in [6, 6.07) is 2.98. The lowest BCUT2D eigenvalue weighted by atomic mass is 10.2. The summed E-state index contributed by atoms with van der Waals surface area (Å²) >= 11 is 0. The highest BCUT2D eigenvalue weighted by Crippen LogP contribution is 2.23. The van der Waals surface area contributed by atoms with Crippen LogP contribution in [0.5, 0.6) is 5.75 Å². The van der Waals surface area contributed by atoms with E-state index in [2.05, 4.69) is 20.3 Å². The molecule has 2 rings (SSSR count). The van der Waals surface area contributed by atoms with Crippen molar-refractivity contribution in [2.45, 2.75) is 6.42 Å². The molecule has 10 nitrogen and oxygen atoms in total. The molecule has 24 heavy (non-hydrogen) atoms. The number of aromatic nitrogens is 3. The number of nitriles is 1. The fourth-order valence-electron chi connectivity index (χ4n) is 1.77. The van der Waals surface area contributed by atoms with Crippen molar-refractivity contribution in [3.05, 3.63) is 39.9 Å². The lowest BCUT2D eigenvalue weighted by Gasteiger charge is -2.05. The van der Waals surface area contributed by atoms with E-state index in [1.54, 1.807) is 0 Å². The summed E-state index contributed by atoms with van der Waals surface area (Å²) in [4.78, 5) is 44.0. The standard InChI is InChI=1S/C14H11N5O5/c15-3-7-1-9(20)12(17-4-7)13-18-5-8(14(24)19-13)2-10(21)16-6-11(22)23/h1,4-5,20H,2,6H2,(H,16,21)(H,22,23)(H,18,19,24). The van der Waals surface area contributed by atoms with Gasteiger partial charge in [0.05, 0.1) is 12.0 Å². The third-order valence-corrected chi connectivity index (χ3v) is 2.88. The van der Waals surface area contributed by atoms with E-state index >= 15 is 0 Å². The lowest BCUT2D eigenvalue weighted by Crippen LogP contribution is -2.32. The number of carboxylic acid groups (broad SMARTS) is 1. The number of nitrogens with zero attached hydrogens (tertiary/aromatic N) is 3. The Morgan fingerprint density at radius 2 is 2.08 bits per heavy atom. The Balaban J connectivity index is 2.21. The summed E-state index contributed by atoms with van der Waals surface area (Å²) in [5.74, 6) is -2.20. The molecule has 0 atom stereocenters. The van der Waals surface area contributed by atoms with Gasteiger partial charge in [-0.05, 0) is 0 Å². The van der Waals surface area contributed by atoms with E-state index < -0.39 is 24.0 Å². The molecular formula is C14H11N5O5. The monoisotopic (exact) mass is 329 g/mol. The smallest absolute Gasteiger partial charge is 0.322 e. The SMILES string of the molecule is N#Cc1cnc(-c2ncc(CC(=O)NCC(=O)O)c(=O)[nH]2)c(O)c1. The average molecular weight is 329 g/mol. The van der Waals surface area contributed by atoms with Gasteiger partial charge in [-0.25, -0.2) is 9.97 Å². The van der Waals surface area contributed by atoms with Gasteiger partial charge in [0.1, 0.15) is 24.1 Å².